The van der Waals surface area contributed by atoms with Crippen molar-refractivity contribution in [1.29, 1.82) is 0 Å². The highest BCUT2D eigenvalue weighted by Gasteiger charge is 2.13. The van der Waals surface area contributed by atoms with Crippen molar-refractivity contribution >= 4 is 33.7 Å². The number of aryl methyl sites for hydroxylation is 1. The van der Waals surface area contributed by atoms with Crippen molar-refractivity contribution < 1.29 is 6.22 Å². The number of hydrogen-bond acceptors (Lipinski definition) is 3. The number of amides is 1. The Bertz CT molecular complexity index is 1050. The third-order valence-electron chi connectivity index (χ3n) is 4.11. The maximum Gasteiger partial charge on any atom is 0.228 e. The summed E-state index contributed by atoms with van der Waals surface area (Å²) >= 11 is 1.57. The number of fused-ring (bicyclic) bond motifs is 1. The smallest absolute Gasteiger partial charge is 0.228 e. The van der Waals surface area contributed by atoms with Crippen molar-refractivity contribution in [2.24, 2.45) is 0 Å². The summed E-state index contributed by atoms with van der Waals surface area (Å²) in [5.41, 5.74) is 3.69. The Labute approximate surface area is 151 Å². The zero-order valence-electron chi connectivity index (χ0n) is 13.7. The summed E-state index contributed by atoms with van der Waals surface area (Å²) in [6.45, 7) is 1.96. The highest BCUT2D eigenvalue weighted by molar-refractivity contribution is 7.14. The lowest BCUT2D eigenvalue weighted by Crippen LogP contribution is -2.14. The van der Waals surface area contributed by atoms with Gasteiger partial charge >= 0.3 is 0 Å². The minimum absolute atomic E-state index is 0. The lowest BCUT2D eigenvalue weighted by molar-refractivity contribution is -0.115. The first-order valence-corrected chi connectivity index (χ1v) is 8.95. The maximum absolute atomic E-state index is 12.6. The molecular weight excluding hydrogens is 330 g/mol. The van der Waals surface area contributed by atoms with E-state index < -0.39 is 0 Å². The average molecular weight is 349 g/mol. The molecule has 2 N–H and O–H groups in total. The predicted octanol–water partition coefficient (Wildman–Crippen LogP) is 5.03. The van der Waals surface area contributed by atoms with Crippen LogP contribution in [0.1, 0.15) is 12.7 Å². The second kappa shape index (κ2) is 6.53. The third-order valence-corrected chi connectivity index (χ3v) is 5.05. The fraction of sp³-hybridized carbons (Fsp3) is 0.100. The highest BCUT2D eigenvalue weighted by atomic mass is 32.1. The van der Waals surface area contributed by atoms with E-state index in [-0.39, 0.29) is 7.33 Å². The van der Waals surface area contributed by atoms with Crippen LogP contribution in [0, 0.1) is 6.92 Å². The molecule has 0 aliphatic heterocycles. The minimum atomic E-state index is -0.0248. The molecule has 126 valence electrons. The number of carbonyl (C=O) groups excluding carboxylic acids is 1. The van der Waals surface area contributed by atoms with Gasteiger partial charge in [0.1, 0.15) is 5.69 Å². The summed E-state index contributed by atoms with van der Waals surface area (Å²) in [4.78, 5) is 13.5. The second-order valence-electron chi connectivity index (χ2n) is 5.96. The number of nitrogens with zero attached hydrogens (tertiary/aromatic N) is 1. The molecule has 2 aromatic carbocycles. The first-order chi connectivity index (χ1) is 12.2. The lowest BCUT2D eigenvalue weighted by atomic mass is 10.0. The first kappa shape index (κ1) is 15.6. The molecule has 0 saturated carbocycles. The lowest BCUT2D eigenvalue weighted by Gasteiger charge is -2.08. The molecule has 5 heteroatoms. The summed E-state index contributed by atoms with van der Waals surface area (Å²) in [6, 6.07) is 18.1. The van der Waals surface area contributed by atoms with Crippen molar-refractivity contribution in [1.82, 2.24) is 10.2 Å². The Kier molecular flexibility index (Phi) is 4.07. The standard InChI is InChI=1S/C20H17N3OS.H2/c1-13-11-18(23-22-13)20-17(9-10-25-20)21-19(24)12-15-7-4-6-14-5-2-3-8-16(14)15;/h2-11H,12H2,1H3,(H,21,24)(H,22,23);1H. The molecule has 0 bridgehead atoms. The van der Waals surface area contributed by atoms with E-state index in [4.69, 9.17) is 0 Å². The largest absolute Gasteiger partial charge is 0.324 e. The van der Waals surface area contributed by atoms with Gasteiger partial charge in [-0.2, -0.15) is 5.10 Å². The van der Waals surface area contributed by atoms with Gasteiger partial charge in [-0.25, -0.2) is 0 Å². The van der Waals surface area contributed by atoms with Crippen LogP contribution in [0.3, 0.4) is 0 Å². The molecular formula is C20H19N3OS. The van der Waals surface area contributed by atoms with E-state index in [1.165, 1.54) is 0 Å². The molecule has 1 amide bonds. The maximum atomic E-state index is 12.6. The fourth-order valence-corrected chi connectivity index (χ4v) is 3.77. The topological polar surface area (TPSA) is 57.8 Å². The number of nitrogens with one attached hydrogen (secondary N) is 2. The zero-order chi connectivity index (χ0) is 17.2. The van der Waals surface area contributed by atoms with Gasteiger partial charge in [0.25, 0.3) is 0 Å². The van der Waals surface area contributed by atoms with E-state index in [0.717, 1.165) is 38.3 Å². The SMILES string of the molecule is Cc1cc(-c2sccc2NC(=O)Cc2cccc3ccccc23)n[nH]1.[HH]. The van der Waals surface area contributed by atoms with Crippen LogP contribution in [-0.2, 0) is 11.2 Å². The van der Waals surface area contributed by atoms with Gasteiger partial charge in [0, 0.05) is 7.12 Å². The Morgan fingerprint density at radius 1 is 1.20 bits per heavy atom. The van der Waals surface area contributed by atoms with Crippen LogP contribution in [0.15, 0.2) is 60.0 Å². The average Bonchev–Trinajstić information content (AvgIpc) is 3.24. The van der Waals surface area contributed by atoms with Crippen molar-refractivity contribution in [2.45, 2.75) is 13.3 Å². The Balaban J connectivity index is 0.00000196. The Morgan fingerprint density at radius 2 is 2.04 bits per heavy atom. The quantitative estimate of drug-likeness (QED) is 0.543. The fourth-order valence-electron chi connectivity index (χ4n) is 2.95. The molecule has 0 spiro atoms. The number of aromatic amines is 1. The summed E-state index contributed by atoms with van der Waals surface area (Å²) < 4.78 is 0. The Hall–Kier alpha value is -2.92. The number of aromatic nitrogens is 2. The van der Waals surface area contributed by atoms with E-state index in [1.807, 2.05) is 48.7 Å². The summed E-state index contributed by atoms with van der Waals surface area (Å²) in [5.74, 6) is -0.0248. The Morgan fingerprint density at radius 3 is 2.88 bits per heavy atom. The van der Waals surface area contributed by atoms with Crippen LogP contribution in [0.2, 0.25) is 0 Å². The molecule has 2 aromatic heterocycles. The van der Waals surface area contributed by atoms with Gasteiger partial charge in [-0.3, -0.25) is 9.89 Å². The van der Waals surface area contributed by atoms with E-state index >= 15 is 0 Å². The van der Waals surface area contributed by atoms with Crippen LogP contribution in [0.4, 0.5) is 5.69 Å². The second-order valence-corrected chi connectivity index (χ2v) is 6.88. The first-order valence-electron chi connectivity index (χ1n) is 8.07. The third kappa shape index (κ3) is 3.19. The van der Waals surface area contributed by atoms with Crippen LogP contribution in [-0.4, -0.2) is 16.1 Å². The van der Waals surface area contributed by atoms with E-state index in [1.54, 1.807) is 11.3 Å². The van der Waals surface area contributed by atoms with Crippen LogP contribution in [0.25, 0.3) is 21.3 Å². The van der Waals surface area contributed by atoms with E-state index in [9.17, 15) is 4.79 Å². The van der Waals surface area contributed by atoms with E-state index in [0.29, 0.717) is 6.42 Å². The van der Waals surface area contributed by atoms with Gasteiger partial charge in [0.15, 0.2) is 0 Å². The van der Waals surface area contributed by atoms with Gasteiger partial charge in [0.05, 0.1) is 17.0 Å². The van der Waals surface area contributed by atoms with Crippen molar-refractivity contribution in [3.05, 3.63) is 71.2 Å². The van der Waals surface area contributed by atoms with E-state index in [2.05, 4.69) is 33.7 Å². The summed E-state index contributed by atoms with van der Waals surface area (Å²) in [5, 5.41) is 14.5. The molecule has 0 atom stereocenters. The molecule has 0 fully saturated rings. The number of thiophene rings is 1. The van der Waals surface area contributed by atoms with Crippen LogP contribution in [0.5, 0.6) is 0 Å². The number of carbonyl (C=O) groups is 1. The highest BCUT2D eigenvalue weighted by Crippen LogP contribution is 2.32. The molecule has 0 radical (unpaired) electrons. The number of H-pyrrole nitrogens is 1. The van der Waals surface area contributed by atoms with Gasteiger partial charge in [-0.05, 0) is 40.8 Å². The molecule has 25 heavy (non-hydrogen) atoms. The normalized spacial score (nSPS) is 10.9. The molecule has 0 aliphatic rings. The number of hydrogen-bond donors (Lipinski definition) is 2. The molecule has 0 unspecified atom stereocenters. The molecule has 0 saturated heterocycles. The molecule has 2 heterocycles. The number of benzene rings is 2. The molecule has 4 rings (SSSR count). The summed E-state index contributed by atoms with van der Waals surface area (Å²) in [7, 11) is 0. The van der Waals surface area contributed by atoms with Crippen LogP contribution < -0.4 is 5.32 Å². The molecule has 0 aliphatic carbocycles. The summed E-state index contributed by atoms with van der Waals surface area (Å²) in [6.07, 6.45) is 0.343. The van der Waals surface area contributed by atoms with Crippen molar-refractivity contribution in [3.63, 3.8) is 0 Å². The van der Waals surface area contributed by atoms with Gasteiger partial charge in [-0.15, -0.1) is 11.3 Å². The van der Waals surface area contributed by atoms with Gasteiger partial charge < -0.3 is 5.32 Å². The minimum Gasteiger partial charge on any atom is -0.324 e. The monoisotopic (exact) mass is 349 g/mol. The zero-order valence-corrected chi connectivity index (χ0v) is 14.6. The molecule has 4 aromatic rings. The van der Waals surface area contributed by atoms with Crippen LogP contribution >= 0.6 is 11.3 Å². The van der Waals surface area contributed by atoms with Gasteiger partial charge in [-0.1, -0.05) is 42.5 Å². The van der Waals surface area contributed by atoms with Crippen molar-refractivity contribution in [3.8, 4) is 10.6 Å². The molecule has 4 nitrogen and oxygen atoms in total. The van der Waals surface area contributed by atoms with Gasteiger partial charge in [0.2, 0.25) is 5.91 Å². The number of rotatable bonds is 4. The van der Waals surface area contributed by atoms with Crippen molar-refractivity contribution in [2.75, 3.05) is 5.32 Å². The number of anilines is 1. The predicted molar refractivity (Wildman–Crippen MR) is 105 cm³/mol.